The number of nitrogens with zero attached hydrogens (tertiary/aromatic N) is 1. The Morgan fingerprint density at radius 3 is 2.81 bits per heavy atom. The van der Waals surface area contributed by atoms with Gasteiger partial charge < -0.3 is 10.5 Å². The molecule has 1 aliphatic heterocycles. The van der Waals surface area contributed by atoms with Crippen LogP contribution in [0.2, 0.25) is 0 Å². The Kier molecular flexibility index (Phi) is 5.06. The second-order valence-electron chi connectivity index (χ2n) is 5.12. The summed E-state index contributed by atoms with van der Waals surface area (Å²) in [7, 11) is -2.09. The molecule has 2 rings (SSSR count). The quantitative estimate of drug-likeness (QED) is 0.856. The van der Waals surface area contributed by atoms with Gasteiger partial charge in [0.2, 0.25) is 10.0 Å². The van der Waals surface area contributed by atoms with E-state index in [2.05, 4.69) is 6.92 Å². The maximum Gasteiger partial charge on any atom is 0.246 e. The van der Waals surface area contributed by atoms with Crippen molar-refractivity contribution in [2.75, 3.05) is 31.7 Å². The Bertz CT molecular complexity index is 617. The first-order valence-electron chi connectivity index (χ1n) is 6.96. The zero-order valence-electron chi connectivity index (χ0n) is 12.6. The lowest BCUT2D eigenvalue weighted by Crippen LogP contribution is -2.41. The monoisotopic (exact) mass is 330 g/mol. The molecule has 0 spiro atoms. The molecule has 1 heterocycles. The number of benzene rings is 1. The third-order valence-corrected chi connectivity index (χ3v) is 6.99. The number of anilines is 1. The van der Waals surface area contributed by atoms with Gasteiger partial charge in [-0.05, 0) is 31.0 Å². The molecule has 5 nitrogen and oxygen atoms in total. The average molecular weight is 330 g/mol. The number of sulfonamides is 1. The molecular formula is C14H22N2O3S2. The largest absolute Gasteiger partial charge is 0.495 e. The summed E-state index contributed by atoms with van der Waals surface area (Å²) < 4.78 is 32.5. The molecule has 0 aromatic heterocycles. The van der Waals surface area contributed by atoms with E-state index in [0.29, 0.717) is 29.8 Å². The van der Waals surface area contributed by atoms with Crippen LogP contribution in [0.1, 0.15) is 18.9 Å². The van der Waals surface area contributed by atoms with E-state index in [9.17, 15) is 8.42 Å². The lowest BCUT2D eigenvalue weighted by atomic mass is 10.2. The highest BCUT2D eigenvalue weighted by Gasteiger charge is 2.32. The van der Waals surface area contributed by atoms with Crippen LogP contribution >= 0.6 is 11.8 Å². The van der Waals surface area contributed by atoms with Crippen LogP contribution in [0.4, 0.5) is 5.69 Å². The normalized spacial score (nSPS) is 20.4. The molecule has 1 aliphatic rings. The van der Waals surface area contributed by atoms with Gasteiger partial charge in [0, 0.05) is 29.8 Å². The highest BCUT2D eigenvalue weighted by molar-refractivity contribution is 8.00. The van der Waals surface area contributed by atoms with Crippen LogP contribution < -0.4 is 10.5 Å². The van der Waals surface area contributed by atoms with E-state index in [1.807, 2.05) is 18.7 Å². The lowest BCUT2D eigenvalue weighted by molar-refractivity contribution is 0.389. The third kappa shape index (κ3) is 3.30. The fourth-order valence-electron chi connectivity index (χ4n) is 2.34. The van der Waals surface area contributed by atoms with Gasteiger partial charge in [0.05, 0.1) is 7.11 Å². The number of rotatable bonds is 4. The van der Waals surface area contributed by atoms with Crippen LogP contribution in [-0.4, -0.2) is 43.9 Å². The van der Waals surface area contributed by atoms with E-state index in [1.54, 1.807) is 10.4 Å². The van der Waals surface area contributed by atoms with Gasteiger partial charge in [-0.2, -0.15) is 16.1 Å². The van der Waals surface area contributed by atoms with Crippen molar-refractivity contribution in [3.63, 3.8) is 0 Å². The Balaban J connectivity index is 2.41. The molecule has 1 saturated heterocycles. The van der Waals surface area contributed by atoms with Crippen LogP contribution in [0.5, 0.6) is 5.75 Å². The average Bonchev–Trinajstić information content (AvgIpc) is 2.49. The third-order valence-electron chi connectivity index (χ3n) is 3.73. The maximum absolute atomic E-state index is 12.9. The zero-order valence-corrected chi connectivity index (χ0v) is 14.3. The van der Waals surface area contributed by atoms with E-state index < -0.39 is 10.0 Å². The summed E-state index contributed by atoms with van der Waals surface area (Å²) in [5, 5.41) is 0.349. The number of nitrogens with two attached hydrogens (primary N) is 1. The highest BCUT2D eigenvalue weighted by Crippen LogP contribution is 2.33. The molecule has 1 unspecified atom stereocenters. The van der Waals surface area contributed by atoms with Crippen molar-refractivity contribution in [3.05, 3.63) is 17.7 Å². The standard InChI is InChI=1S/C14H22N2O3S2/c1-4-11-9-16(5-6-20-11)21(17,18)14-8-12(15)10(2)7-13(14)19-3/h7-8,11H,4-6,9,15H2,1-3H3. The highest BCUT2D eigenvalue weighted by atomic mass is 32.2. The van der Waals surface area contributed by atoms with Gasteiger partial charge in [-0.25, -0.2) is 8.42 Å². The lowest BCUT2D eigenvalue weighted by Gasteiger charge is -2.31. The Labute approximate surface area is 130 Å². The summed E-state index contributed by atoms with van der Waals surface area (Å²) in [5.41, 5.74) is 7.16. The Morgan fingerprint density at radius 2 is 2.19 bits per heavy atom. The van der Waals surface area contributed by atoms with E-state index in [1.165, 1.54) is 13.2 Å². The molecule has 0 saturated carbocycles. The first-order valence-corrected chi connectivity index (χ1v) is 9.45. The molecule has 0 aliphatic carbocycles. The SMILES string of the molecule is CCC1CN(S(=O)(=O)c2cc(N)c(C)cc2OC)CCS1. The predicted molar refractivity (Wildman–Crippen MR) is 87.4 cm³/mol. The topological polar surface area (TPSA) is 72.6 Å². The molecule has 118 valence electrons. The number of aryl methyl sites for hydroxylation is 1. The van der Waals surface area contributed by atoms with Gasteiger partial charge in [-0.1, -0.05) is 6.92 Å². The summed E-state index contributed by atoms with van der Waals surface area (Å²) in [5.74, 6) is 1.18. The van der Waals surface area contributed by atoms with Crippen LogP contribution in [0.15, 0.2) is 17.0 Å². The van der Waals surface area contributed by atoms with Crippen LogP contribution in [0, 0.1) is 6.92 Å². The molecule has 0 radical (unpaired) electrons. The minimum absolute atomic E-state index is 0.162. The van der Waals surface area contributed by atoms with Gasteiger partial charge in [-0.15, -0.1) is 0 Å². The van der Waals surface area contributed by atoms with Gasteiger partial charge in [-0.3, -0.25) is 0 Å². The predicted octanol–water partition coefficient (Wildman–Crippen LogP) is 2.10. The van der Waals surface area contributed by atoms with Crippen LogP contribution in [-0.2, 0) is 10.0 Å². The van der Waals surface area contributed by atoms with E-state index in [-0.39, 0.29) is 4.90 Å². The zero-order chi connectivity index (χ0) is 15.6. The van der Waals surface area contributed by atoms with Crippen molar-refractivity contribution in [1.82, 2.24) is 4.31 Å². The first kappa shape index (κ1) is 16.5. The van der Waals surface area contributed by atoms with Gasteiger partial charge in [0.15, 0.2) is 0 Å². The number of hydrogen-bond acceptors (Lipinski definition) is 5. The summed E-state index contributed by atoms with van der Waals surface area (Å²) >= 11 is 1.83. The number of thioether (sulfide) groups is 1. The number of ether oxygens (including phenoxy) is 1. The van der Waals surface area contributed by atoms with Gasteiger partial charge in [0.25, 0.3) is 0 Å². The second-order valence-corrected chi connectivity index (χ2v) is 8.44. The van der Waals surface area contributed by atoms with Crippen LogP contribution in [0.3, 0.4) is 0 Å². The molecule has 0 bridgehead atoms. The molecule has 1 aromatic rings. The molecule has 1 atom stereocenters. The van der Waals surface area contributed by atoms with Crippen molar-refractivity contribution in [2.24, 2.45) is 0 Å². The minimum atomic E-state index is -3.57. The molecule has 1 fully saturated rings. The van der Waals surface area contributed by atoms with Crippen molar-refractivity contribution in [3.8, 4) is 5.75 Å². The van der Waals surface area contributed by atoms with Gasteiger partial charge in [0.1, 0.15) is 10.6 Å². The Morgan fingerprint density at radius 1 is 1.48 bits per heavy atom. The van der Waals surface area contributed by atoms with E-state index in [0.717, 1.165) is 17.7 Å². The number of methoxy groups -OCH3 is 1. The van der Waals surface area contributed by atoms with Crippen molar-refractivity contribution >= 4 is 27.5 Å². The molecule has 21 heavy (non-hydrogen) atoms. The fraction of sp³-hybridized carbons (Fsp3) is 0.571. The first-order chi connectivity index (χ1) is 9.90. The van der Waals surface area contributed by atoms with Crippen molar-refractivity contribution in [2.45, 2.75) is 30.4 Å². The molecule has 1 aromatic carbocycles. The summed E-state index contributed by atoms with van der Waals surface area (Å²) in [4.78, 5) is 0.162. The second kappa shape index (κ2) is 6.46. The molecule has 0 amide bonds. The van der Waals surface area contributed by atoms with Crippen molar-refractivity contribution < 1.29 is 13.2 Å². The molecule has 7 heteroatoms. The molecule has 2 N–H and O–H groups in total. The smallest absolute Gasteiger partial charge is 0.246 e. The summed E-state index contributed by atoms with van der Waals surface area (Å²) in [6, 6.07) is 3.18. The Hall–Kier alpha value is -0.920. The van der Waals surface area contributed by atoms with Gasteiger partial charge >= 0.3 is 0 Å². The summed E-state index contributed by atoms with van der Waals surface area (Å²) in [6.07, 6.45) is 0.962. The molecular weight excluding hydrogens is 308 g/mol. The number of nitrogen functional groups attached to an aromatic ring is 1. The fourth-order valence-corrected chi connectivity index (χ4v) is 5.38. The maximum atomic E-state index is 12.9. The summed E-state index contributed by atoms with van der Waals surface area (Å²) in [6.45, 7) is 4.98. The number of hydrogen-bond donors (Lipinski definition) is 1. The van der Waals surface area contributed by atoms with Crippen LogP contribution in [0.25, 0.3) is 0 Å². The van der Waals surface area contributed by atoms with E-state index >= 15 is 0 Å². The van der Waals surface area contributed by atoms with E-state index in [4.69, 9.17) is 10.5 Å². The minimum Gasteiger partial charge on any atom is -0.495 e. The van der Waals surface area contributed by atoms with Crippen molar-refractivity contribution in [1.29, 1.82) is 0 Å².